The van der Waals surface area contributed by atoms with Crippen LogP contribution in [0.4, 0.5) is 0 Å². The van der Waals surface area contributed by atoms with Gasteiger partial charge in [0.05, 0.1) is 18.5 Å². The van der Waals surface area contributed by atoms with Gasteiger partial charge in [-0.25, -0.2) is 8.42 Å². The van der Waals surface area contributed by atoms with Crippen molar-refractivity contribution in [1.29, 1.82) is 0 Å². The first-order chi connectivity index (χ1) is 9.47. The zero-order valence-electron chi connectivity index (χ0n) is 12.1. The van der Waals surface area contributed by atoms with E-state index in [1.54, 1.807) is 4.31 Å². The molecule has 1 aromatic carbocycles. The second-order valence-electron chi connectivity index (χ2n) is 6.23. The Labute approximate surface area is 121 Å². The molecule has 4 nitrogen and oxygen atoms in total. The number of hydrogen-bond acceptors (Lipinski definition) is 3. The Bertz CT molecular complexity index is 598. The van der Waals surface area contributed by atoms with Gasteiger partial charge in [-0.1, -0.05) is 38.1 Å². The van der Waals surface area contributed by atoms with Crippen LogP contribution in [0.5, 0.6) is 0 Å². The SMILES string of the molecule is CC(C)CN1CN2CCc3ccccc3C2CS1(=O)=O. The highest BCUT2D eigenvalue weighted by Crippen LogP contribution is 2.34. The fraction of sp³-hybridized carbons (Fsp3) is 0.600. The third kappa shape index (κ3) is 2.50. The van der Waals surface area contributed by atoms with Gasteiger partial charge in [0.2, 0.25) is 10.0 Å². The predicted molar refractivity (Wildman–Crippen MR) is 79.8 cm³/mol. The first-order valence-corrected chi connectivity index (χ1v) is 8.88. The van der Waals surface area contributed by atoms with Crippen LogP contribution < -0.4 is 0 Å². The lowest BCUT2D eigenvalue weighted by molar-refractivity contribution is 0.116. The molecule has 0 aliphatic carbocycles. The van der Waals surface area contributed by atoms with Crippen molar-refractivity contribution in [3.63, 3.8) is 0 Å². The van der Waals surface area contributed by atoms with Crippen LogP contribution in [0, 0.1) is 5.92 Å². The van der Waals surface area contributed by atoms with Gasteiger partial charge >= 0.3 is 0 Å². The van der Waals surface area contributed by atoms with Gasteiger partial charge in [0.1, 0.15) is 0 Å². The monoisotopic (exact) mass is 294 g/mol. The van der Waals surface area contributed by atoms with Crippen molar-refractivity contribution in [2.45, 2.75) is 26.3 Å². The highest BCUT2D eigenvalue weighted by atomic mass is 32.2. The first kappa shape index (κ1) is 14.0. The molecule has 1 saturated heterocycles. The molecule has 1 unspecified atom stereocenters. The summed E-state index contributed by atoms with van der Waals surface area (Å²) in [5, 5.41) is 0. The summed E-state index contributed by atoms with van der Waals surface area (Å²) in [6.45, 7) is 6.23. The third-order valence-electron chi connectivity index (χ3n) is 4.19. The molecule has 0 aromatic heterocycles. The fourth-order valence-corrected chi connectivity index (χ4v) is 5.09. The molecule has 0 spiro atoms. The minimum absolute atomic E-state index is 0.0355. The molecule has 0 amide bonds. The maximum absolute atomic E-state index is 12.5. The number of hydrogen-bond donors (Lipinski definition) is 0. The van der Waals surface area contributed by atoms with Crippen molar-refractivity contribution in [1.82, 2.24) is 9.21 Å². The van der Waals surface area contributed by atoms with Gasteiger partial charge < -0.3 is 0 Å². The molecule has 1 fully saturated rings. The first-order valence-electron chi connectivity index (χ1n) is 7.27. The van der Waals surface area contributed by atoms with Crippen LogP contribution in [0.3, 0.4) is 0 Å². The van der Waals surface area contributed by atoms with E-state index >= 15 is 0 Å². The van der Waals surface area contributed by atoms with Crippen LogP contribution in [0.25, 0.3) is 0 Å². The Morgan fingerprint density at radius 3 is 2.80 bits per heavy atom. The van der Waals surface area contributed by atoms with Crippen LogP contribution in [-0.4, -0.2) is 43.1 Å². The van der Waals surface area contributed by atoms with Gasteiger partial charge in [0.25, 0.3) is 0 Å². The minimum atomic E-state index is -3.14. The zero-order chi connectivity index (χ0) is 14.3. The summed E-state index contributed by atoms with van der Waals surface area (Å²) in [5.74, 6) is 0.579. The molecular formula is C15H22N2O2S. The third-order valence-corrected chi connectivity index (χ3v) is 5.98. The molecule has 2 aliphatic rings. The summed E-state index contributed by atoms with van der Waals surface area (Å²) in [4.78, 5) is 2.31. The fourth-order valence-electron chi connectivity index (χ4n) is 3.24. The van der Waals surface area contributed by atoms with Crippen LogP contribution in [-0.2, 0) is 16.4 Å². The van der Waals surface area contributed by atoms with E-state index in [0.29, 0.717) is 19.1 Å². The standard InChI is InChI=1S/C15H22N2O2S/c1-12(2)9-17-11-16-8-7-13-5-3-4-6-14(13)15(16)10-20(17,18)19/h3-6,12,15H,7-11H2,1-2H3. The lowest BCUT2D eigenvalue weighted by atomic mass is 9.94. The summed E-state index contributed by atoms with van der Waals surface area (Å²) in [7, 11) is -3.14. The highest BCUT2D eigenvalue weighted by Gasteiger charge is 2.40. The Balaban J connectivity index is 1.90. The maximum Gasteiger partial charge on any atom is 0.217 e. The van der Waals surface area contributed by atoms with Gasteiger partial charge in [-0.05, 0) is 23.5 Å². The van der Waals surface area contributed by atoms with Crippen molar-refractivity contribution < 1.29 is 8.42 Å². The predicted octanol–water partition coefficient (Wildman–Crippen LogP) is 1.84. The molecule has 0 radical (unpaired) electrons. The minimum Gasteiger partial charge on any atom is -0.281 e. The second-order valence-corrected chi connectivity index (χ2v) is 8.24. The van der Waals surface area contributed by atoms with Crippen LogP contribution in [0.2, 0.25) is 0 Å². The van der Waals surface area contributed by atoms with Crippen molar-refractivity contribution in [2.75, 3.05) is 25.5 Å². The molecule has 5 heteroatoms. The quantitative estimate of drug-likeness (QED) is 0.836. The molecule has 3 rings (SSSR count). The van der Waals surface area contributed by atoms with Crippen LogP contribution in [0.15, 0.2) is 24.3 Å². The number of fused-ring (bicyclic) bond motifs is 3. The summed E-state index contributed by atoms with van der Waals surface area (Å²) in [6.07, 6.45) is 1.02. The average Bonchev–Trinajstić information content (AvgIpc) is 2.39. The van der Waals surface area contributed by atoms with Gasteiger partial charge in [-0.3, -0.25) is 4.90 Å². The molecule has 2 heterocycles. The topological polar surface area (TPSA) is 40.6 Å². The Morgan fingerprint density at radius 2 is 2.05 bits per heavy atom. The number of sulfonamides is 1. The van der Waals surface area contributed by atoms with Crippen molar-refractivity contribution >= 4 is 10.0 Å². The molecule has 1 atom stereocenters. The molecule has 0 bridgehead atoms. The molecule has 1 aromatic rings. The second kappa shape index (κ2) is 5.13. The van der Waals surface area contributed by atoms with Crippen LogP contribution in [0.1, 0.15) is 31.0 Å². The lowest BCUT2D eigenvalue weighted by Crippen LogP contribution is -2.54. The Hall–Kier alpha value is -0.910. The summed E-state index contributed by atoms with van der Waals surface area (Å²) < 4.78 is 26.6. The van der Waals surface area contributed by atoms with E-state index < -0.39 is 10.0 Å². The van der Waals surface area contributed by atoms with Gasteiger partial charge in [-0.15, -0.1) is 0 Å². The van der Waals surface area contributed by atoms with Crippen molar-refractivity contribution in [2.24, 2.45) is 5.92 Å². The van der Waals surface area contributed by atoms with Gasteiger partial charge in [-0.2, -0.15) is 4.31 Å². The Morgan fingerprint density at radius 1 is 1.30 bits per heavy atom. The smallest absolute Gasteiger partial charge is 0.217 e. The van der Waals surface area contributed by atoms with Gasteiger partial charge in [0.15, 0.2) is 0 Å². The highest BCUT2D eigenvalue weighted by molar-refractivity contribution is 7.89. The molecular weight excluding hydrogens is 272 g/mol. The number of benzene rings is 1. The summed E-state index contributed by atoms with van der Waals surface area (Å²) in [6, 6.07) is 8.29. The van der Waals surface area contributed by atoms with E-state index in [-0.39, 0.29) is 11.8 Å². The Kier molecular flexibility index (Phi) is 3.60. The largest absolute Gasteiger partial charge is 0.281 e. The van der Waals surface area contributed by atoms with Crippen LogP contribution >= 0.6 is 0 Å². The van der Waals surface area contributed by atoms with Gasteiger partial charge in [0, 0.05) is 13.1 Å². The van der Waals surface area contributed by atoms with E-state index in [2.05, 4.69) is 30.9 Å². The van der Waals surface area contributed by atoms with E-state index in [0.717, 1.165) is 13.0 Å². The lowest BCUT2D eigenvalue weighted by Gasteiger charge is -2.44. The molecule has 20 heavy (non-hydrogen) atoms. The number of rotatable bonds is 2. The molecule has 0 saturated carbocycles. The molecule has 0 N–H and O–H groups in total. The summed E-state index contributed by atoms with van der Waals surface area (Å²) >= 11 is 0. The normalized spacial score (nSPS) is 26.2. The zero-order valence-corrected chi connectivity index (χ0v) is 12.9. The van der Waals surface area contributed by atoms with E-state index in [4.69, 9.17) is 0 Å². The maximum atomic E-state index is 12.5. The number of nitrogens with zero attached hydrogens (tertiary/aromatic N) is 2. The molecule has 2 aliphatic heterocycles. The van der Waals surface area contributed by atoms with E-state index in [1.165, 1.54) is 11.1 Å². The van der Waals surface area contributed by atoms with Crippen molar-refractivity contribution in [3.05, 3.63) is 35.4 Å². The summed E-state index contributed by atoms with van der Waals surface area (Å²) in [5.41, 5.74) is 2.51. The van der Waals surface area contributed by atoms with Crippen molar-refractivity contribution in [3.8, 4) is 0 Å². The average molecular weight is 294 g/mol. The van der Waals surface area contributed by atoms with E-state index in [9.17, 15) is 8.42 Å². The van der Waals surface area contributed by atoms with E-state index in [1.807, 2.05) is 12.1 Å². The molecule has 110 valence electrons.